The third-order valence-corrected chi connectivity index (χ3v) is 2.54. The summed E-state index contributed by atoms with van der Waals surface area (Å²) in [7, 11) is 0. The molecule has 0 amide bonds. The van der Waals surface area contributed by atoms with Crippen molar-refractivity contribution in [1.82, 2.24) is 0 Å². The van der Waals surface area contributed by atoms with E-state index in [-0.39, 0.29) is 0 Å². The summed E-state index contributed by atoms with van der Waals surface area (Å²) in [6, 6.07) is 6.68. The van der Waals surface area contributed by atoms with E-state index >= 15 is 0 Å². The van der Waals surface area contributed by atoms with E-state index in [0.717, 1.165) is 12.3 Å². The van der Waals surface area contributed by atoms with Crippen LogP contribution in [-0.2, 0) is 12.8 Å². The first kappa shape index (κ1) is 8.55. The van der Waals surface area contributed by atoms with Gasteiger partial charge in [0, 0.05) is 0 Å². The first-order valence-corrected chi connectivity index (χ1v) is 5.04. The number of hydrogen-bond donors (Lipinski definition) is 0. The van der Waals surface area contributed by atoms with Crippen molar-refractivity contribution in [2.75, 3.05) is 0 Å². The molecule has 0 heterocycles. The highest BCUT2D eigenvalue weighted by Gasteiger charge is 2.09. The molecule has 1 aliphatic carbocycles. The fourth-order valence-corrected chi connectivity index (χ4v) is 1.98. The van der Waals surface area contributed by atoms with E-state index in [1.165, 1.54) is 23.1 Å². The molecule has 2 rings (SSSR count). The summed E-state index contributed by atoms with van der Waals surface area (Å²) in [6.45, 7) is 4.55. The fraction of sp³-hybridized carbons (Fsp3) is 0.385. The van der Waals surface area contributed by atoms with Gasteiger partial charge in [-0.05, 0) is 35.4 Å². The Morgan fingerprint density at radius 1 is 1.31 bits per heavy atom. The van der Waals surface area contributed by atoms with E-state index in [2.05, 4.69) is 44.2 Å². The lowest BCUT2D eigenvalue weighted by molar-refractivity contribution is 0.646. The van der Waals surface area contributed by atoms with Crippen molar-refractivity contribution in [3.8, 4) is 0 Å². The van der Waals surface area contributed by atoms with Crippen LogP contribution in [0.1, 0.15) is 30.5 Å². The normalized spacial score (nSPS) is 13.8. The third kappa shape index (κ3) is 1.67. The van der Waals surface area contributed by atoms with Gasteiger partial charge < -0.3 is 0 Å². The Balaban J connectivity index is 2.35. The van der Waals surface area contributed by atoms with Gasteiger partial charge in [0.25, 0.3) is 0 Å². The van der Waals surface area contributed by atoms with E-state index in [9.17, 15) is 0 Å². The number of fused-ring (bicyclic) bond motifs is 1. The summed E-state index contributed by atoms with van der Waals surface area (Å²) in [4.78, 5) is 0. The van der Waals surface area contributed by atoms with Gasteiger partial charge in [0.15, 0.2) is 0 Å². The zero-order chi connectivity index (χ0) is 9.26. The molecule has 1 aliphatic rings. The highest BCUT2D eigenvalue weighted by Crippen LogP contribution is 2.24. The molecule has 0 atom stereocenters. The SMILES string of the molecule is CC(C)Cc1cccc2c1C=CC2. The maximum Gasteiger partial charge on any atom is -0.00881 e. The van der Waals surface area contributed by atoms with Crippen LogP contribution >= 0.6 is 0 Å². The first-order valence-electron chi connectivity index (χ1n) is 5.04. The van der Waals surface area contributed by atoms with Crippen LogP contribution < -0.4 is 0 Å². The minimum atomic E-state index is 0.750. The minimum Gasteiger partial charge on any atom is -0.0795 e. The van der Waals surface area contributed by atoms with E-state index in [4.69, 9.17) is 0 Å². The molecule has 1 aromatic rings. The van der Waals surface area contributed by atoms with E-state index in [1.54, 1.807) is 0 Å². The van der Waals surface area contributed by atoms with Gasteiger partial charge in [-0.25, -0.2) is 0 Å². The van der Waals surface area contributed by atoms with Crippen molar-refractivity contribution in [3.63, 3.8) is 0 Å². The molecule has 0 bridgehead atoms. The summed E-state index contributed by atoms with van der Waals surface area (Å²) >= 11 is 0. The molecule has 0 saturated heterocycles. The molecule has 0 fully saturated rings. The van der Waals surface area contributed by atoms with Gasteiger partial charge in [0.1, 0.15) is 0 Å². The Hall–Kier alpha value is -1.04. The highest BCUT2D eigenvalue weighted by atomic mass is 14.1. The quantitative estimate of drug-likeness (QED) is 0.641. The van der Waals surface area contributed by atoms with Crippen LogP contribution in [0.3, 0.4) is 0 Å². The third-order valence-electron chi connectivity index (χ3n) is 2.54. The number of rotatable bonds is 2. The molecule has 0 radical (unpaired) electrons. The highest BCUT2D eigenvalue weighted by molar-refractivity contribution is 5.63. The molecule has 1 aromatic carbocycles. The Bertz CT molecular complexity index is 332. The zero-order valence-corrected chi connectivity index (χ0v) is 8.38. The second-order valence-corrected chi connectivity index (χ2v) is 4.19. The monoisotopic (exact) mass is 172 g/mol. The minimum absolute atomic E-state index is 0.750. The van der Waals surface area contributed by atoms with Gasteiger partial charge >= 0.3 is 0 Å². The fourth-order valence-electron chi connectivity index (χ4n) is 1.98. The molecular weight excluding hydrogens is 156 g/mol. The zero-order valence-electron chi connectivity index (χ0n) is 8.38. The lowest BCUT2D eigenvalue weighted by atomic mass is 9.96. The summed E-state index contributed by atoms with van der Waals surface area (Å²) < 4.78 is 0. The van der Waals surface area contributed by atoms with Crippen molar-refractivity contribution >= 4 is 6.08 Å². The van der Waals surface area contributed by atoms with Gasteiger partial charge in [-0.2, -0.15) is 0 Å². The van der Waals surface area contributed by atoms with Crippen molar-refractivity contribution in [3.05, 3.63) is 41.0 Å². The molecule has 13 heavy (non-hydrogen) atoms. The molecule has 0 heteroatoms. The predicted molar refractivity (Wildman–Crippen MR) is 57.7 cm³/mol. The van der Waals surface area contributed by atoms with Crippen molar-refractivity contribution in [1.29, 1.82) is 0 Å². The molecule has 68 valence electrons. The lowest BCUT2D eigenvalue weighted by Gasteiger charge is -2.09. The molecule has 0 nitrogen and oxygen atoms in total. The largest absolute Gasteiger partial charge is 0.0795 e. The number of allylic oxidation sites excluding steroid dienone is 1. The van der Waals surface area contributed by atoms with Crippen LogP contribution in [0.15, 0.2) is 24.3 Å². The first-order chi connectivity index (χ1) is 6.27. The molecular formula is C13H16. The van der Waals surface area contributed by atoms with Crippen LogP contribution in [-0.4, -0.2) is 0 Å². The second kappa shape index (κ2) is 3.37. The Morgan fingerprint density at radius 3 is 2.92 bits per heavy atom. The summed E-state index contributed by atoms with van der Waals surface area (Å²) in [5, 5.41) is 0. The lowest BCUT2D eigenvalue weighted by Crippen LogP contribution is -1.97. The van der Waals surface area contributed by atoms with Gasteiger partial charge in [0.2, 0.25) is 0 Å². The van der Waals surface area contributed by atoms with Gasteiger partial charge in [-0.15, -0.1) is 0 Å². The molecule has 0 aromatic heterocycles. The average molecular weight is 172 g/mol. The number of hydrogen-bond acceptors (Lipinski definition) is 0. The second-order valence-electron chi connectivity index (χ2n) is 4.19. The Labute approximate surface area is 80.3 Å². The summed E-state index contributed by atoms with van der Waals surface area (Å²) in [6.07, 6.45) is 6.86. The molecule has 0 spiro atoms. The summed E-state index contributed by atoms with van der Waals surface area (Å²) in [5.41, 5.74) is 4.50. The van der Waals surface area contributed by atoms with Crippen LogP contribution in [0.25, 0.3) is 6.08 Å². The number of benzene rings is 1. The maximum atomic E-state index is 2.28. The van der Waals surface area contributed by atoms with Crippen LogP contribution in [0.4, 0.5) is 0 Å². The topological polar surface area (TPSA) is 0 Å². The van der Waals surface area contributed by atoms with Crippen molar-refractivity contribution in [2.24, 2.45) is 5.92 Å². The van der Waals surface area contributed by atoms with Gasteiger partial charge in [0.05, 0.1) is 0 Å². The molecule has 0 unspecified atom stereocenters. The van der Waals surface area contributed by atoms with Crippen molar-refractivity contribution < 1.29 is 0 Å². The average Bonchev–Trinajstić information content (AvgIpc) is 2.51. The Kier molecular flexibility index (Phi) is 2.22. The van der Waals surface area contributed by atoms with E-state index < -0.39 is 0 Å². The van der Waals surface area contributed by atoms with Crippen LogP contribution in [0.2, 0.25) is 0 Å². The Morgan fingerprint density at radius 2 is 2.15 bits per heavy atom. The van der Waals surface area contributed by atoms with E-state index in [0.29, 0.717) is 0 Å². The van der Waals surface area contributed by atoms with Crippen LogP contribution in [0.5, 0.6) is 0 Å². The standard InChI is InChI=1S/C13H16/c1-10(2)9-12-7-3-5-11-6-4-8-13(11)12/h3-5,7-8,10H,6,9H2,1-2H3. The van der Waals surface area contributed by atoms with Gasteiger partial charge in [-0.3, -0.25) is 0 Å². The van der Waals surface area contributed by atoms with Gasteiger partial charge in [-0.1, -0.05) is 44.2 Å². The maximum absolute atomic E-state index is 2.28. The predicted octanol–water partition coefficient (Wildman–Crippen LogP) is 3.45. The summed E-state index contributed by atoms with van der Waals surface area (Å²) in [5.74, 6) is 0.750. The van der Waals surface area contributed by atoms with Crippen LogP contribution in [0, 0.1) is 5.92 Å². The molecule has 0 N–H and O–H groups in total. The molecule has 0 aliphatic heterocycles. The molecule has 0 saturated carbocycles. The smallest absolute Gasteiger partial charge is 0.00881 e. The van der Waals surface area contributed by atoms with Crippen molar-refractivity contribution in [2.45, 2.75) is 26.7 Å². The van der Waals surface area contributed by atoms with E-state index in [1.807, 2.05) is 0 Å².